The Morgan fingerprint density at radius 1 is 1.07 bits per heavy atom. The minimum Gasteiger partial charge on any atom is -0.469 e. The molecule has 0 spiro atoms. The average molecular weight is 596 g/mol. The van der Waals surface area contributed by atoms with Gasteiger partial charge in [-0.05, 0) is 74.8 Å². The molecular formula is C31H32F3N5O4. The van der Waals surface area contributed by atoms with Crippen LogP contribution in [0.1, 0.15) is 67.6 Å². The molecule has 12 heteroatoms. The first-order valence-electron chi connectivity index (χ1n) is 13.6. The molecule has 1 aliphatic rings. The van der Waals surface area contributed by atoms with E-state index in [0.29, 0.717) is 30.5 Å². The van der Waals surface area contributed by atoms with E-state index in [2.05, 4.69) is 36.8 Å². The predicted molar refractivity (Wildman–Crippen MR) is 152 cm³/mol. The van der Waals surface area contributed by atoms with E-state index in [-0.39, 0.29) is 30.1 Å². The Hall–Kier alpha value is -4.66. The summed E-state index contributed by atoms with van der Waals surface area (Å²) >= 11 is 0. The van der Waals surface area contributed by atoms with Crippen molar-refractivity contribution < 1.29 is 32.2 Å². The Morgan fingerprint density at radius 2 is 1.79 bits per heavy atom. The molecule has 1 N–H and O–H groups in total. The predicted octanol–water partition coefficient (Wildman–Crippen LogP) is 5.86. The molecule has 0 saturated carbocycles. The zero-order valence-corrected chi connectivity index (χ0v) is 24.3. The molecule has 4 rings (SSSR count). The van der Waals surface area contributed by atoms with Crippen molar-refractivity contribution >= 4 is 23.7 Å². The van der Waals surface area contributed by atoms with Gasteiger partial charge in [0.05, 0.1) is 13.5 Å². The van der Waals surface area contributed by atoms with E-state index in [1.54, 1.807) is 29.2 Å². The summed E-state index contributed by atoms with van der Waals surface area (Å²) in [6.45, 7) is 6.66. The van der Waals surface area contributed by atoms with Crippen LogP contribution >= 0.6 is 0 Å². The average Bonchev–Trinajstić information content (AvgIpc) is 2.95. The van der Waals surface area contributed by atoms with Gasteiger partial charge in [-0.2, -0.15) is 13.2 Å². The van der Waals surface area contributed by atoms with E-state index >= 15 is 0 Å². The smallest absolute Gasteiger partial charge is 0.420 e. The SMILES string of the molecule is COC(=O)Cc1cccnc1C#Cc1nc(Nc2ccc(C3CCCN(C(=O)OC(C)(C)C)C3)cc2)ncc1C(F)(F)F. The highest BCUT2D eigenvalue weighted by Crippen LogP contribution is 2.32. The number of methoxy groups -OCH3 is 1. The number of likely N-dealkylation sites (tertiary alicyclic amines) is 1. The van der Waals surface area contributed by atoms with Crippen LogP contribution in [-0.4, -0.2) is 57.7 Å². The quantitative estimate of drug-likeness (QED) is 0.289. The molecule has 1 atom stereocenters. The minimum absolute atomic E-state index is 0.0744. The molecule has 9 nitrogen and oxygen atoms in total. The van der Waals surface area contributed by atoms with Gasteiger partial charge in [0.25, 0.3) is 0 Å². The number of anilines is 2. The van der Waals surface area contributed by atoms with Crippen molar-refractivity contribution in [1.29, 1.82) is 0 Å². The standard InChI is InChI=1S/C31H32F3N5O4/c1-30(2,3)43-29(41)39-16-6-8-22(19-39)20-9-11-23(12-10-20)37-28-36-18-24(31(32,33)34)26(38-28)14-13-25-21(7-5-15-35-25)17-27(40)42-4/h5,7,9-12,15,18,22H,6,8,16-17,19H2,1-4H3,(H,36,37,38). The first kappa shape index (κ1) is 31.3. The largest absolute Gasteiger partial charge is 0.469 e. The zero-order valence-electron chi connectivity index (χ0n) is 24.3. The number of ether oxygens (including phenoxy) is 2. The second-order valence-corrected chi connectivity index (χ2v) is 11.0. The van der Waals surface area contributed by atoms with E-state index in [4.69, 9.17) is 4.74 Å². The van der Waals surface area contributed by atoms with Crippen LogP contribution in [0.25, 0.3) is 0 Å². The lowest BCUT2D eigenvalue weighted by molar-refractivity contribution is -0.140. The number of pyridine rings is 1. The van der Waals surface area contributed by atoms with Crippen molar-refractivity contribution in [2.24, 2.45) is 0 Å². The third-order valence-electron chi connectivity index (χ3n) is 6.56. The Morgan fingerprint density at radius 3 is 2.47 bits per heavy atom. The van der Waals surface area contributed by atoms with Gasteiger partial charge in [-0.15, -0.1) is 0 Å². The number of nitrogens with zero attached hydrogens (tertiary/aromatic N) is 4. The highest BCUT2D eigenvalue weighted by atomic mass is 19.4. The van der Waals surface area contributed by atoms with Gasteiger partial charge in [0.15, 0.2) is 0 Å². The number of nitrogens with one attached hydrogen (secondary N) is 1. The Balaban J connectivity index is 1.52. The zero-order chi connectivity index (χ0) is 31.2. The maximum absolute atomic E-state index is 13.7. The third kappa shape index (κ3) is 8.67. The van der Waals surface area contributed by atoms with Crippen LogP contribution in [0.3, 0.4) is 0 Å². The number of amides is 1. The maximum Gasteiger partial charge on any atom is 0.420 e. The lowest BCUT2D eigenvalue weighted by Gasteiger charge is -2.34. The molecule has 0 bridgehead atoms. The van der Waals surface area contributed by atoms with Crippen molar-refractivity contribution in [3.63, 3.8) is 0 Å². The molecule has 0 radical (unpaired) electrons. The molecule has 1 fully saturated rings. The first-order chi connectivity index (χ1) is 20.3. The van der Waals surface area contributed by atoms with Gasteiger partial charge in [-0.25, -0.2) is 19.7 Å². The van der Waals surface area contributed by atoms with Crippen molar-refractivity contribution in [2.45, 2.75) is 57.7 Å². The fourth-order valence-electron chi connectivity index (χ4n) is 4.49. The molecule has 0 aliphatic carbocycles. The monoisotopic (exact) mass is 595 g/mol. The van der Waals surface area contributed by atoms with E-state index in [9.17, 15) is 22.8 Å². The Kier molecular flexibility index (Phi) is 9.53. The van der Waals surface area contributed by atoms with E-state index in [1.807, 2.05) is 32.9 Å². The maximum atomic E-state index is 13.7. The normalized spacial score (nSPS) is 15.2. The van der Waals surface area contributed by atoms with Gasteiger partial charge in [0, 0.05) is 37.1 Å². The van der Waals surface area contributed by atoms with Gasteiger partial charge in [0.2, 0.25) is 5.95 Å². The second kappa shape index (κ2) is 13.1. The topological polar surface area (TPSA) is 107 Å². The first-order valence-corrected chi connectivity index (χ1v) is 13.6. The summed E-state index contributed by atoms with van der Waals surface area (Å²) in [5.74, 6) is 4.58. The fraction of sp³-hybridized carbons (Fsp3) is 0.387. The summed E-state index contributed by atoms with van der Waals surface area (Å²) in [6, 6.07) is 10.5. The van der Waals surface area contributed by atoms with Crippen LogP contribution in [0.2, 0.25) is 0 Å². The van der Waals surface area contributed by atoms with Gasteiger partial charge >= 0.3 is 18.2 Å². The van der Waals surface area contributed by atoms with Gasteiger partial charge in [-0.1, -0.05) is 18.2 Å². The number of piperidine rings is 1. The van der Waals surface area contributed by atoms with Crippen LogP contribution in [-0.2, 0) is 26.9 Å². The molecular weight excluding hydrogens is 563 g/mol. The van der Waals surface area contributed by atoms with E-state index < -0.39 is 29.0 Å². The number of aromatic nitrogens is 3. The molecule has 1 aromatic carbocycles. The van der Waals surface area contributed by atoms with Crippen LogP contribution in [0, 0.1) is 11.8 Å². The summed E-state index contributed by atoms with van der Waals surface area (Å²) in [5.41, 5.74) is -0.0782. The molecule has 3 aromatic rings. The van der Waals surface area contributed by atoms with E-state index in [1.165, 1.54) is 13.3 Å². The summed E-state index contributed by atoms with van der Waals surface area (Å²) in [6.07, 6.45) is -1.35. The number of halogens is 3. The molecule has 43 heavy (non-hydrogen) atoms. The highest BCUT2D eigenvalue weighted by Gasteiger charge is 2.35. The molecule has 1 aliphatic heterocycles. The van der Waals surface area contributed by atoms with Gasteiger partial charge in [0.1, 0.15) is 22.6 Å². The van der Waals surface area contributed by atoms with Crippen LogP contribution < -0.4 is 5.32 Å². The molecule has 2 aromatic heterocycles. The number of benzene rings is 1. The molecule has 226 valence electrons. The Labute approximate surface area is 247 Å². The summed E-state index contributed by atoms with van der Waals surface area (Å²) < 4.78 is 51.4. The number of alkyl halides is 3. The number of carbonyl (C=O) groups excluding carboxylic acids is 2. The molecule has 1 saturated heterocycles. The van der Waals surface area contributed by atoms with E-state index in [0.717, 1.165) is 18.4 Å². The van der Waals surface area contributed by atoms with Crippen molar-refractivity contribution in [1.82, 2.24) is 19.9 Å². The summed E-state index contributed by atoms with van der Waals surface area (Å²) in [7, 11) is 1.23. The Bertz CT molecular complexity index is 1530. The summed E-state index contributed by atoms with van der Waals surface area (Å²) in [4.78, 5) is 37.9. The van der Waals surface area contributed by atoms with Gasteiger partial charge in [-0.3, -0.25) is 4.79 Å². The van der Waals surface area contributed by atoms with Crippen LogP contribution in [0.15, 0.2) is 48.8 Å². The van der Waals surface area contributed by atoms with Crippen LogP contribution in [0.4, 0.5) is 29.6 Å². The van der Waals surface area contributed by atoms with Crippen molar-refractivity contribution in [3.05, 3.63) is 76.9 Å². The number of hydrogen-bond donors (Lipinski definition) is 1. The number of rotatable bonds is 5. The lowest BCUT2D eigenvalue weighted by Crippen LogP contribution is -2.42. The molecule has 1 unspecified atom stereocenters. The third-order valence-corrected chi connectivity index (χ3v) is 6.56. The van der Waals surface area contributed by atoms with Crippen molar-refractivity contribution in [2.75, 3.05) is 25.5 Å². The molecule has 3 heterocycles. The number of hydrogen-bond acceptors (Lipinski definition) is 8. The number of esters is 1. The fourth-order valence-corrected chi connectivity index (χ4v) is 4.49. The summed E-state index contributed by atoms with van der Waals surface area (Å²) in [5, 5.41) is 2.93. The molecule has 1 amide bonds. The van der Waals surface area contributed by atoms with Crippen LogP contribution in [0.5, 0.6) is 0 Å². The lowest BCUT2D eigenvalue weighted by atomic mass is 9.90. The second-order valence-electron chi connectivity index (χ2n) is 11.0. The number of carbonyl (C=O) groups is 2. The van der Waals surface area contributed by atoms with Crippen molar-refractivity contribution in [3.8, 4) is 11.8 Å². The minimum atomic E-state index is -4.74. The highest BCUT2D eigenvalue weighted by molar-refractivity contribution is 5.73. The van der Waals surface area contributed by atoms with Gasteiger partial charge < -0.3 is 19.7 Å².